The predicted octanol–water partition coefficient (Wildman–Crippen LogP) is 2.81. The van der Waals surface area contributed by atoms with Crippen LogP contribution in [0.5, 0.6) is 0 Å². The van der Waals surface area contributed by atoms with Crippen molar-refractivity contribution in [1.82, 2.24) is 24.2 Å². The van der Waals surface area contributed by atoms with Crippen molar-refractivity contribution in [1.29, 1.82) is 0 Å². The lowest BCUT2D eigenvalue weighted by Gasteiger charge is -2.33. The molecule has 0 unspecified atom stereocenters. The van der Waals surface area contributed by atoms with Crippen LogP contribution in [-0.2, 0) is 6.54 Å². The van der Waals surface area contributed by atoms with Gasteiger partial charge < -0.3 is 9.47 Å². The quantitative estimate of drug-likeness (QED) is 0.870. The highest BCUT2D eigenvalue weighted by Gasteiger charge is 2.28. The van der Waals surface area contributed by atoms with Gasteiger partial charge in [-0.25, -0.2) is 9.67 Å². The second-order valence-corrected chi connectivity index (χ2v) is 6.73. The van der Waals surface area contributed by atoms with Gasteiger partial charge in [0.2, 0.25) is 0 Å². The van der Waals surface area contributed by atoms with Crippen LogP contribution in [0.4, 0.5) is 0 Å². The number of likely N-dealkylation sites (tertiary alicyclic amines) is 1. The molecule has 0 saturated carbocycles. The standard InChI is InChI=1S/C18H27N5O/c1-6-22-12(2)10-17(13(22)3)18(24)21-9-7-8-16(11-21)23-15(5)19-14(4)20-23/h10,16H,6-9,11H2,1-5H3/t16-/m1/s1. The number of nitrogens with zero attached hydrogens (tertiary/aromatic N) is 5. The molecule has 1 fully saturated rings. The van der Waals surface area contributed by atoms with Crippen LogP contribution in [0.15, 0.2) is 6.07 Å². The SMILES string of the molecule is CCn1c(C)cc(C(=O)N2CCC[C@@H](n3nc(C)nc3C)C2)c1C. The van der Waals surface area contributed by atoms with Gasteiger partial charge in [-0.3, -0.25) is 4.79 Å². The Balaban J connectivity index is 1.82. The first-order valence-electron chi connectivity index (χ1n) is 8.78. The van der Waals surface area contributed by atoms with E-state index in [2.05, 4.69) is 28.5 Å². The van der Waals surface area contributed by atoms with E-state index < -0.39 is 0 Å². The van der Waals surface area contributed by atoms with Crippen molar-refractivity contribution in [3.8, 4) is 0 Å². The van der Waals surface area contributed by atoms with Crippen molar-refractivity contribution in [2.75, 3.05) is 13.1 Å². The molecule has 1 aliphatic rings. The number of piperidine rings is 1. The number of carbonyl (C=O) groups is 1. The summed E-state index contributed by atoms with van der Waals surface area (Å²) in [4.78, 5) is 19.4. The second kappa shape index (κ2) is 6.42. The van der Waals surface area contributed by atoms with E-state index in [1.54, 1.807) is 0 Å². The summed E-state index contributed by atoms with van der Waals surface area (Å²) < 4.78 is 4.18. The zero-order valence-corrected chi connectivity index (χ0v) is 15.3. The highest BCUT2D eigenvalue weighted by molar-refractivity contribution is 5.95. The molecule has 1 saturated heterocycles. The third-order valence-electron chi connectivity index (χ3n) is 5.06. The number of aryl methyl sites for hydroxylation is 3. The summed E-state index contributed by atoms with van der Waals surface area (Å²) in [6, 6.07) is 2.24. The van der Waals surface area contributed by atoms with Crippen LogP contribution >= 0.6 is 0 Å². The summed E-state index contributed by atoms with van der Waals surface area (Å²) in [6.07, 6.45) is 2.04. The Morgan fingerprint density at radius 2 is 2.04 bits per heavy atom. The molecule has 1 atom stereocenters. The minimum atomic E-state index is 0.141. The maximum atomic E-state index is 13.0. The molecule has 0 spiro atoms. The first-order chi connectivity index (χ1) is 11.4. The van der Waals surface area contributed by atoms with Gasteiger partial charge in [-0.2, -0.15) is 5.10 Å². The maximum Gasteiger partial charge on any atom is 0.255 e. The lowest BCUT2D eigenvalue weighted by Crippen LogP contribution is -2.41. The molecule has 0 N–H and O–H groups in total. The second-order valence-electron chi connectivity index (χ2n) is 6.73. The van der Waals surface area contributed by atoms with Gasteiger partial charge in [-0.15, -0.1) is 0 Å². The topological polar surface area (TPSA) is 56.0 Å². The summed E-state index contributed by atoms with van der Waals surface area (Å²) >= 11 is 0. The summed E-state index contributed by atoms with van der Waals surface area (Å²) in [7, 11) is 0. The molecule has 0 aliphatic carbocycles. The van der Waals surface area contributed by atoms with Gasteiger partial charge in [0.15, 0.2) is 0 Å². The van der Waals surface area contributed by atoms with Crippen molar-refractivity contribution >= 4 is 5.91 Å². The van der Waals surface area contributed by atoms with E-state index in [0.717, 1.165) is 54.5 Å². The molecule has 2 aromatic heterocycles. The Kier molecular flexibility index (Phi) is 4.47. The summed E-state index contributed by atoms with van der Waals surface area (Å²) in [6.45, 7) is 12.5. The molecule has 2 aromatic rings. The van der Waals surface area contributed by atoms with Gasteiger partial charge >= 0.3 is 0 Å². The van der Waals surface area contributed by atoms with Gasteiger partial charge in [-0.1, -0.05) is 0 Å². The molecule has 3 heterocycles. The lowest BCUT2D eigenvalue weighted by molar-refractivity contribution is 0.0670. The Morgan fingerprint density at radius 3 is 2.62 bits per heavy atom. The van der Waals surface area contributed by atoms with Crippen molar-refractivity contribution < 1.29 is 4.79 Å². The van der Waals surface area contributed by atoms with E-state index in [0.29, 0.717) is 6.54 Å². The molecule has 24 heavy (non-hydrogen) atoms. The molecule has 6 nitrogen and oxygen atoms in total. The number of hydrogen-bond donors (Lipinski definition) is 0. The monoisotopic (exact) mass is 329 g/mol. The zero-order valence-electron chi connectivity index (χ0n) is 15.3. The van der Waals surface area contributed by atoms with Crippen molar-refractivity contribution in [2.45, 2.75) is 60.0 Å². The smallest absolute Gasteiger partial charge is 0.255 e. The molecular weight excluding hydrogens is 302 g/mol. The van der Waals surface area contributed by atoms with Crippen LogP contribution in [0.3, 0.4) is 0 Å². The van der Waals surface area contributed by atoms with E-state index in [1.807, 2.05) is 36.4 Å². The van der Waals surface area contributed by atoms with E-state index in [9.17, 15) is 4.79 Å². The fourth-order valence-corrected chi connectivity index (χ4v) is 3.90. The fourth-order valence-electron chi connectivity index (χ4n) is 3.90. The molecule has 1 amide bonds. The number of rotatable bonds is 3. The van der Waals surface area contributed by atoms with Gasteiger partial charge in [0.05, 0.1) is 11.6 Å². The average molecular weight is 329 g/mol. The molecule has 6 heteroatoms. The number of aromatic nitrogens is 4. The Labute approximate surface area is 143 Å². The molecule has 0 aromatic carbocycles. The lowest BCUT2D eigenvalue weighted by atomic mass is 10.0. The van der Waals surface area contributed by atoms with Crippen LogP contribution in [0.1, 0.15) is 59.2 Å². The van der Waals surface area contributed by atoms with E-state index >= 15 is 0 Å². The average Bonchev–Trinajstić information content (AvgIpc) is 3.05. The number of carbonyl (C=O) groups excluding carboxylic acids is 1. The fraction of sp³-hybridized carbons (Fsp3) is 0.611. The van der Waals surface area contributed by atoms with Crippen molar-refractivity contribution in [2.24, 2.45) is 0 Å². The van der Waals surface area contributed by atoms with Crippen molar-refractivity contribution in [3.05, 3.63) is 34.7 Å². The van der Waals surface area contributed by atoms with Gasteiger partial charge in [0.1, 0.15) is 11.6 Å². The minimum Gasteiger partial charge on any atom is -0.349 e. The van der Waals surface area contributed by atoms with E-state index in [1.165, 1.54) is 0 Å². The van der Waals surface area contributed by atoms with Gasteiger partial charge in [-0.05, 0) is 53.5 Å². The summed E-state index contributed by atoms with van der Waals surface area (Å²) in [5.41, 5.74) is 3.05. The Hall–Kier alpha value is -2.11. The minimum absolute atomic E-state index is 0.141. The number of amides is 1. The first-order valence-corrected chi connectivity index (χ1v) is 8.78. The third kappa shape index (κ3) is 2.85. The molecule has 0 radical (unpaired) electrons. The van der Waals surface area contributed by atoms with E-state index in [-0.39, 0.29) is 11.9 Å². The van der Waals surface area contributed by atoms with Gasteiger partial charge in [0.25, 0.3) is 5.91 Å². The Bertz CT molecular complexity index is 758. The zero-order chi connectivity index (χ0) is 17.4. The molecule has 130 valence electrons. The maximum absolute atomic E-state index is 13.0. The van der Waals surface area contributed by atoms with E-state index in [4.69, 9.17) is 0 Å². The molecule has 1 aliphatic heterocycles. The highest BCUT2D eigenvalue weighted by Crippen LogP contribution is 2.25. The molecule has 0 bridgehead atoms. The Morgan fingerprint density at radius 1 is 1.29 bits per heavy atom. The van der Waals surface area contributed by atoms with Crippen LogP contribution in [0.25, 0.3) is 0 Å². The predicted molar refractivity (Wildman–Crippen MR) is 93.3 cm³/mol. The van der Waals surface area contributed by atoms with Crippen LogP contribution < -0.4 is 0 Å². The summed E-state index contributed by atoms with van der Waals surface area (Å²) in [5.74, 6) is 1.86. The van der Waals surface area contributed by atoms with Crippen LogP contribution in [-0.4, -0.2) is 43.2 Å². The summed E-state index contributed by atoms with van der Waals surface area (Å²) in [5, 5.41) is 4.51. The highest BCUT2D eigenvalue weighted by atomic mass is 16.2. The molecule has 3 rings (SSSR count). The van der Waals surface area contributed by atoms with Gasteiger partial charge in [0, 0.05) is 31.0 Å². The van der Waals surface area contributed by atoms with Crippen LogP contribution in [0, 0.1) is 27.7 Å². The van der Waals surface area contributed by atoms with Crippen molar-refractivity contribution in [3.63, 3.8) is 0 Å². The normalized spacial score (nSPS) is 18.2. The largest absolute Gasteiger partial charge is 0.349 e. The number of hydrogen-bond acceptors (Lipinski definition) is 3. The molecular formula is C18H27N5O. The third-order valence-corrected chi connectivity index (χ3v) is 5.06. The first kappa shape index (κ1) is 16.7. The van der Waals surface area contributed by atoms with Crippen LogP contribution in [0.2, 0.25) is 0 Å².